The molecule has 0 aromatic carbocycles. The van der Waals surface area contributed by atoms with Crippen LogP contribution < -0.4 is 9.80 Å². The number of amides is 1. The molecule has 0 unspecified atom stereocenters. The van der Waals surface area contributed by atoms with Gasteiger partial charge in [-0.1, -0.05) is 0 Å². The van der Waals surface area contributed by atoms with E-state index in [1.165, 1.54) is 0 Å². The van der Waals surface area contributed by atoms with Crippen LogP contribution in [0.2, 0.25) is 0 Å². The number of ether oxygens (including phenoxy) is 3. The largest absolute Gasteiger partial charge is 0.450 e. The number of anilines is 2. The Balaban J connectivity index is 1.35. The quantitative estimate of drug-likeness (QED) is 0.775. The van der Waals surface area contributed by atoms with Gasteiger partial charge in [-0.05, 0) is 13.0 Å². The minimum atomic E-state index is -0.391. The molecule has 3 saturated heterocycles. The SMILES string of the molecule is CCOC(=O)N1CCN(c2ccnc(N3CCC4(CC3)OCCO4)n2)CC1. The van der Waals surface area contributed by atoms with E-state index in [2.05, 4.69) is 14.8 Å². The van der Waals surface area contributed by atoms with Crippen molar-refractivity contribution in [2.24, 2.45) is 0 Å². The van der Waals surface area contributed by atoms with Gasteiger partial charge in [-0.25, -0.2) is 9.78 Å². The summed E-state index contributed by atoms with van der Waals surface area (Å²) in [6, 6.07) is 1.93. The second kappa shape index (κ2) is 7.85. The maximum atomic E-state index is 11.8. The third-order valence-corrected chi connectivity index (χ3v) is 5.38. The van der Waals surface area contributed by atoms with Crippen LogP contribution in [0.15, 0.2) is 12.3 Å². The van der Waals surface area contributed by atoms with Crippen molar-refractivity contribution in [3.63, 3.8) is 0 Å². The van der Waals surface area contributed by atoms with Crippen LogP contribution in [0.1, 0.15) is 19.8 Å². The van der Waals surface area contributed by atoms with Crippen LogP contribution in [-0.4, -0.2) is 85.8 Å². The van der Waals surface area contributed by atoms with Crippen molar-refractivity contribution in [1.29, 1.82) is 0 Å². The van der Waals surface area contributed by atoms with Gasteiger partial charge in [-0.3, -0.25) is 0 Å². The summed E-state index contributed by atoms with van der Waals surface area (Å²) in [4.78, 5) is 27.2. The van der Waals surface area contributed by atoms with Gasteiger partial charge in [0, 0.05) is 58.3 Å². The Hall–Kier alpha value is -2.13. The van der Waals surface area contributed by atoms with Crippen LogP contribution in [-0.2, 0) is 14.2 Å². The summed E-state index contributed by atoms with van der Waals surface area (Å²) in [6.07, 6.45) is 3.24. The van der Waals surface area contributed by atoms with Crippen LogP contribution in [0.5, 0.6) is 0 Å². The highest BCUT2D eigenvalue weighted by Crippen LogP contribution is 2.32. The summed E-state index contributed by atoms with van der Waals surface area (Å²) in [7, 11) is 0. The number of carbonyl (C=O) groups excluding carboxylic acids is 1. The molecule has 0 atom stereocenters. The van der Waals surface area contributed by atoms with Gasteiger partial charge in [-0.15, -0.1) is 0 Å². The van der Waals surface area contributed by atoms with Gasteiger partial charge in [0.05, 0.1) is 19.8 Å². The van der Waals surface area contributed by atoms with Gasteiger partial charge >= 0.3 is 6.09 Å². The van der Waals surface area contributed by atoms with Crippen LogP contribution >= 0.6 is 0 Å². The Morgan fingerprint density at radius 3 is 2.48 bits per heavy atom. The molecule has 0 N–H and O–H groups in total. The first-order valence-electron chi connectivity index (χ1n) is 9.72. The molecule has 3 aliphatic heterocycles. The minimum Gasteiger partial charge on any atom is -0.450 e. The summed E-state index contributed by atoms with van der Waals surface area (Å²) < 4.78 is 16.7. The number of hydrogen-bond acceptors (Lipinski definition) is 8. The lowest BCUT2D eigenvalue weighted by atomic mass is 10.0. The zero-order valence-corrected chi connectivity index (χ0v) is 15.8. The van der Waals surface area contributed by atoms with E-state index in [0.29, 0.717) is 32.9 Å². The molecule has 0 radical (unpaired) electrons. The Bertz CT molecular complexity index is 649. The molecule has 0 aliphatic carbocycles. The Labute approximate surface area is 159 Å². The zero-order chi connectivity index (χ0) is 18.7. The highest BCUT2D eigenvalue weighted by atomic mass is 16.7. The van der Waals surface area contributed by atoms with Gasteiger partial charge < -0.3 is 28.9 Å². The number of piperidine rings is 1. The third-order valence-electron chi connectivity index (χ3n) is 5.38. The van der Waals surface area contributed by atoms with Crippen molar-refractivity contribution >= 4 is 17.9 Å². The van der Waals surface area contributed by atoms with Crippen LogP contribution in [0.25, 0.3) is 0 Å². The monoisotopic (exact) mass is 377 g/mol. The van der Waals surface area contributed by atoms with Gasteiger partial charge in [0.15, 0.2) is 5.79 Å². The molecular weight excluding hydrogens is 350 g/mol. The summed E-state index contributed by atoms with van der Waals surface area (Å²) in [5.41, 5.74) is 0. The molecule has 1 aromatic rings. The summed E-state index contributed by atoms with van der Waals surface area (Å²) in [5, 5.41) is 0. The Morgan fingerprint density at radius 1 is 1.11 bits per heavy atom. The molecule has 9 nitrogen and oxygen atoms in total. The van der Waals surface area contributed by atoms with Gasteiger partial charge in [-0.2, -0.15) is 4.98 Å². The molecule has 3 fully saturated rings. The summed E-state index contributed by atoms with van der Waals surface area (Å²) in [5.74, 6) is 1.25. The molecule has 1 aromatic heterocycles. The maximum Gasteiger partial charge on any atom is 0.409 e. The fraction of sp³-hybridized carbons (Fsp3) is 0.722. The van der Waals surface area contributed by atoms with Crippen LogP contribution in [0.4, 0.5) is 16.6 Å². The van der Waals surface area contributed by atoms with Crippen molar-refractivity contribution < 1.29 is 19.0 Å². The number of carbonyl (C=O) groups is 1. The van der Waals surface area contributed by atoms with Crippen LogP contribution in [0, 0.1) is 0 Å². The number of piperazine rings is 1. The van der Waals surface area contributed by atoms with E-state index in [1.807, 2.05) is 19.2 Å². The fourth-order valence-corrected chi connectivity index (χ4v) is 3.83. The highest BCUT2D eigenvalue weighted by molar-refractivity contribution is 5.68. The van der Waals surface area contributed by atoms with Crippen LogP contribution in [0.3, 0.4) is 0 Å². The molecule has 1 amide bonds. The Morgan fingerprint density at radius 2 is 1.81 bits per heavy atom. The molecule has 1 spiro atoms. The minimum absolute atomic E-state index is 0.237. The summed E-state index contributed by atoms with van der Waals surface area (Å²) in [6.45, 7) is 7.98. The normalized spacial score (nSPS) is 22.3. The van der Waals surface area contributed by atoms with E-state index in [0.717, 1.165) is 50.8 Å². The lowest BCUT2D eigenvalue weighted by molar-refractivity contribution is -0.169. The number of rotatable bonds is 3. The standard InChI is InChI=1S/C18H27N5O4/c1-2-25-17(24)23-11-9-21(10-12-23)15-3-6-19-16(20-15)22-7-4-18(5-8-22)26-13-14-27-18/h3,6H,2,4-5,7-14H2,1H3. The molecule has 9 heteroatoms. The highest BCUT2D eigenvalue weighted by Gasteiger charge is 2.40. The summed E-state index contributed by atoms with van der Waals surface area (Å²) >= 11 is 0. The molecule has 27 heavy (non-hydrogen) atoms. The smallest absolute Gasteiger partial charge is 0.409 e. The van der Waals surface area contributed by atoms with E-state index in [4.69, 9.17) is 19.2 Å². The van der Waals surface area contributed by atoms with Crippen molar-refractivity contribution in [1.82, 2.24) is 14.9 Å². The van der Waals surface area contributed by atoms with E-state index >= 15 is 0 Å². The van der Waals surface area contributed by atoms with Crippen molar-refractivity contribution in [2.75, 3.05) is 68.9 Å². The predicted molar refractivity (Wildman–Crippen MR) is 98.9 cm³/mol. The lowest BCUT2D eigenvalue weighted by Gasteiger charge is -2.38. The molecular formula is C18H27N5O4. The molecule has 0 saturated carbocycles. The van der Waals surface area contributed by atoms with E-state index < -0.39 is 5.79 Å². The van der Waals surface area contributed by atoms with Crippen molar-refractivity contribution in [3.05, 3.63) is 12.3 Å². The first kappa shape index (κ1) is 18.2. The number of hydrogen-bond donors (Lipinski definition) is 0. The van der Waals surface area contributed by atoms with Gasteiger partial charge in [0.1, 0.15) is 5.82 Å². The van der Waals surface area contributed by atoms with E-state index in [1.54, 1.807) is 4.90 Å². The maximum absolute atomic E-state index is 11.8. The van der Waals surface area contributed by atoms with Crippen molar-refractivity contribution in [2.45, 2.75) is 25.6 Å². The average molecular weight is 377 g/mol. The molecule has 148 valence electrons. The molecule has 0 bridgehead atoms. The number of nitrogens with zero attached hydrogens (tertiary/aromatic N) is 5. The topological polar surface area (TPSA) is 80.3 Å². The first-order chi connectivity index (χ1) is 13.2. The molecule has 4 heterocycles. The third kappa shape index (κ3) is 3.93. The average Bonchev–Trinajstić information content (AvgIpc) is 3.17. The van der Waals surface area contributed by atoms with Crippen molar-refractivity contribution in [3.8, 4) is 0 Å². The zero-order valence-electron chi connectivity index (χ0n) is 15.8. The second-order valence-corrected chi connectivity index (χ2v) is 6.98. The molecule has 3 aliphatic rings. The van der Waals surface area contributed by atoms with Gasteiger partial charge in [0.2, 0.25) is 5.95 Å². The molecule has 4 rings (SSSR count). The Kier molecular flexibility index (Phi) is 5.31. The number of aromatic nitrogens is 2. The predicted octanol–water partition coefficient (Wildman–Crippen LogP) is 1.10. The fourth-order valence-electron chi connectivity index (χ4n) is 3.83. The van der Waals surface area contributed by atoms with E-state index in [-0.39, 0.29) is 6.09 Å². The van der Waals surface area contributed by atoms with Gasteiger partial charge in [0.25, 0.3) is 0 Å². The first-order valence-corrected chi connectivity index (χ1v) is 9.72. The lowest BCUT2D eigenvalue weighted by Crippen LogP contribution is -2.49. The van der Waals surface area contributed by atoms with E-state index in [9.17, 15) is 4.79 Å². The second-order valence-electron chi connectivity index (χ2n) is 6.98.